The first-order valence-corrected chi connectivity index (χ1v) is 6.76. The lowest BCUT2D eigenvalue weighted by Gasteiger charge is -2.23. The molecule has 1 unspecified atom stereocenters. The van der Waals surface area contributed by atoms with Gasteiger partial charge in [0, 0.05) is 13.1 Å². The fourth-order valence-electron chi connectivity index (χ4n) is 2.42. The average molecular weight is 265 g/mol. The molecule has 19 heavy (non-hydrogen) atoms. The third-order valence-corrected chi connectivity index (χ3v) is 3.63. The van der Waals surface area contributed by atoms with Crippen LogP contribution in [0.15, 0.2) is 18.2 Å². The van der Waals surface area contributed by atoms with Gasteiger partial charge in [-0.15, -0.1) is 0 Å². The number of para-hydroxylation sites is 1. The predicted octanol–water partition coefficient (Wildman–Crippen LogP) is 3.87. The molecule has 1 atom stereocenters. The number of nitrogens with one attached hydrogen (secondary N) is 2. The number of nitrogens with zero attached hydrogens (tertiary/aromatic N) is 1. The van der Waals surface area contributed by atoms with Crippen LogP contribution in [0.4, 0.5) is 17.1 Å². The van der Waals surface area contributed by atoms with Crippen molar-refractivity contribution < 1.29 is 4.92 Å². The van der Waals surface area contributed by atoms with Crippen LogP contribution in [0.3, 0.4) is 0 Å². The molecule has 5 heteroatoms. The van der Waals surface area contributed by atoms with Crippen molar-refractivity contribution in [2.45, 2.75) is 39.7 Å². The molecule has 1 aromatic rings. The molecule has 0 bridgehead atoms. The molecule has 5 nitrogen and oxygen atoms in total. The van der Waals surface area contributed by atoms with Crippen LogP contribution in [-0.4, -0.2) is 18.0 Å². The van der Waals surface area contributed by atoms with E-state index < -0.39 is 0 Å². The maximum atomic E-state index is 11.2. The van der Waals surface area contributed by atoms with Crippen LogP contribution in [0.25, 0.3) is 0 Å². The highest BCUT2D eigenvalue weighted by Crippen LogP contribution is 2.33. The monoisotopic (exact) mass is 265 g/mol. The van der Waals surface area contributed by atoms with Crippen molar-refractivity contribution in [1.29, 1.82) is 0 Å². The van der Waals surface area contributed by atoms with Crippen LogP contribution in [0.1, 0.15) is 33.6 Å². The van der Waals surface area contributed by atoms with Crippen LogP contribution in [0, 0.1) is 16.0 Å². The predicted molar refractivity (Wildman–Crippen MR) is 79.8 cm³/mol. The summed E-state index contributed by atoms with van der Waals surface area (Å²) in [7, 11) is 1.69. The van der Waals surface area contributed by atoms with E-state index in [9.17, 15) is 10.1 Å². The second kappa shape index (κ2) is 6.97. The van der Waals surface area contributed by atoms with Crippen molar-refractivity contribution in [2.24, 2.45) is 5.92 Å². The van der Waals surface area contributed by atoms with Crippen molar-refractivity contribution in [3.05, 3.63) is 28.3 Å². The van der Waals surface area contributed by atoms with Crippen LogP contribution < -0.4 is 10.6 Å². The first-order chi connectivity index (χ1) is 9.04. The Bertz CT molecular complexity index is 431. The largest absolute Gasteiger partial charge is 0.382 e. The van der Waals surface area contributed by atoms with Gasteiger partial charge in [0.25, 0.3) is 0 Å². The first kappa shape index (κ1) is 15.3. The zero-order valence-corrected chi connectivity index (χ0v) is 12.1. The van der Waals surface area contributed by atoms with Gasteiger partial charge in [-0.1, -0.05) is 32.8 Å². The van der Waals surface area contributed by atoms with Gasteiger partial charge in [-0.3, -0.25) is 10.1 Å². The summed E-state index contributed by atoms with van der Waals surface area (Å²) in [5, 5.41) is 17.4. The molecule has 0 radical (unpaired) electrons. The van der Waals surface area contributed by atoms with Crippen molar-refractivity contribution >= 4 is 17.1 Å². The molecule has 0 saturated heterocycles. The quantitative estimate of drug-likeness (QED) is 0.580. The maximum absolute atomic E-state index is 11.2. The molecule has 0 saturated carbocycles. The first-order valence-electron chi connectivity index (χ1n) is 6.76. The number of hydrogen-bond acceptors (Lipinski definition) is 4. The highest BCUT2D eigenvalue weighted by molar-refractivity contribution is 5.76. The van der Waals surface area contributed by atoms with Gasteiger partial charge >= 0.3 is 5.69 Å². The zero-order valence-electron chi connectivity index (χ0n) is 12.1. The van der Waals surface area contributed by atoms with E-state index in [0.29, 0.717) is 17.3 Å². The van der Waals surface area contributed by atoms with Gasteiger partial charge in [0.1, 0.15) is 11.4 Å². The molecule has 0 heterocycles. The fraction of sp³-hybridized carbons (Fsp3) is 0.571. The summed E-state index contributed by atoms with van der Waals surface area (Å²) < 4.78 is 0. The van der Waals surface area contributed by atoms with Crippen LogP contribution in [0.5, 0.6) is 0 Å². The van der Waals surface area contributed by atoms with Crippen molar-refractivity contribution in [2.75, 3.05) is 17.7 Å². The number of nitro benzene ring substituents is 1. The summed E-state index contributed by atoms with van der Waals surface area (Å²) in [6.07, 6.45) is 2.12. The summed E-state index contributed by atoms with van der Waals surface area (Å²) in [4.78, 5) is 10.9. The standard InChI is InChI=1S/C14H23N3O2/c1-5-11(6-2)10(3)16-13-9-7-8-12(15-4)14(13)17(18)19/h7-11,15-16H,5-6H2,1-4H3. The Morgan fingerprint density at radius 3 is 2.32 bits per heavy atom. The van der Waals surface area contributed by atoms with Crippen LogP contribution in [0.2, 0.25) is 0 Å². The molecular formula is C14H23N3O2. The lowest BCUT2D eigenvalue weighted by molar-refractivity contribution is -0.383. The van der Waals surface area contributed by atoms with Gasteiger partial charge in [0.05, 0.1) is 4.92 Å². The second-order valence-electron chi connectivity index (χ2n) is 4.72. The number of anilines is 2. The highest BCUT2D eigenvalue weighted by atomic mass is 16.6. The minimum atomic E-state index is -0.339. The van der Waals surface area contributed by atoms with E-state index in [-0.39, 0.29) is 16.7 Å². The average Bonchev–Trinajstić information content (AvgIpc) is 2.39. The minimum Gasteiger partial charge on any atom is -0.382 e. The van der Waals surface area contributed by atoms with E-state index in [0.717, 1.165) is 12.8 Å². The molecule has 0 aromatic heterocycles. The summed E-state index contributed by atoms with van der Waals surface area (Å²) in [6, 6.07) is 5.50. The Morgan fingerprint density at radius 2 is 1.84 bits per heavy atom. The Balaban J connectivity index is 3.03. The Morgan fingerprint density at radius 1 is 1.26 bits per heavy atom. The highest BCUT2D eigenvalue weighted by Gasteiger charge is 2.22. The summed E-state index contributed by atoms with van der Waals surface area (Å²) in [6.45, 7) is 6.36. The Hall–Kier alpha value is -1.78. The summed E-state index contributed by atoms with van der Waals surface area (Å²) in [5.74, 6) is 0.512. The number of nitro groups is 1. The van der Waals surface area contributed by atoms with Gasteiger partial charge in [0.2, 0.25) is 0 Å². The molecule has 1 rings (SSSR count). The normalized spacial score (nSPS) is 12.3. The molecule has 0 fully saturated rings. The number of rotatable bonds is 7. The van der Waals surface area contributed by atoms with E-state index in [1.807, 2.05) is 6.07 Å². The SMILES string of the molecule is CCC(CC)C(C)Nc1cccc(NC)c1[N+](=O)[O-]. The molecule has 0 spiro atoms. The molecule has 0 aliphatic rings. The van der Waals surface area contributed by atoms with Gasteiger partial charge in [-0.2, -0.15) is 0 Å². The van der Waals surface area contributed by atoms with Crippen LogP contribution in [-0.2, 0) is 0 Å². The third-order valence-electron chi connectivity index (χ3n) is 3.63. The van der Waals surface area contributed by atoms with Gasteiger partial charge < -0.3 is 10.6 Å². The molecule has 106 valence electrons. The fourth-order valence-corrected chi connectivity index (χ4v) is 2.42. The number of hydrogen-bond donors (Lipinski definition) is 2. The van der Waals surface area contributed by atoms with E-state index in [1.165, 1.54) is 0 Å². The van der Waals surface area contributed by atoms with E-state index >= 15 is 0 Å². The summed E-state index contributed by atoms with van der Waals surface area (Å²) >= 11 is 0. The third kappa shape index (κ3) is 3.59. The van der Waals surface area contributed by atoms with Crippen molar-refractivity contribution in [3.63, 3.8) is 0 Å². The van der Waals surface area contributed by atoms with Gasteiger partial charge in [-0.25, -0.2) is 0 Å². The lowest BCUT2D eigenvalue weighted by Crippen LogP contribution is -2.25. The van der Waals surface area contributed by atoms with E-state index in [2.05, 4.69) is 31.4 Å². The smallest absolute Gasteiger partial charge is 0.315 e. The zero-order chi connectivity index (χ0) is 14.4. The van der Waals surface area contributed by atoms with Gasteiger partial charge in [0.15, 0.2) is 0 Å². The van der Waals surface area contributed by atoms with Crippen molar-refractivity contribution in [3.8, 4) is 0 Å². The molecular weight excluding hydrogens is 242 g/mol. The van der Waals surface area contributed by atoms with Crippen molar-refractivity contribution in [1.82, 2.24) is 0 Å². The topological polar surface area (TPSA) is 67.2 Å². The molecule has 0 amide bonds. The second-order valence-corrected chi connectivity index (χ2v) is 4.72. The van der Waals surface area contributed by atoms with E-state index in [4.69, 9.17) is 0 Å². The Kier molecular flexibility index (Phi) is 5.60. The maximum Gasteiger partial charge on any atom is 0.315 e. The Labute approximate surface area is 114 Å². The van der Waals surface area contributed by atoms with Crippen LogP contribution >= 0.6 is 0 Å². The van der Waals surface area contributed by atoms with Gasteiger partial charge in [-0.05, 0) is 25.0 Å². The molecule has 0 aliphatic carbocycles. The summed E-state index contributed by atoms with van der Waals surface area (Å²) in [5.41, 5.74) is 1.23. The molecule has 0 aliphatic heterocycles. The minimum absolute atomic E-state index is 0.114. The number of benzene rings is 1. The van der Waals surface area contributed by atoms with E-state index in [1.54, 1.807) is 19.2 Å². The molecule has 2 N–H and O–H groups in total. The lowest BCUT2D eigenvalue weighted by atomic mass is 9.95. The molecule has 1 aromatic carbocycles.